The Morgan fingerprint density at radius 3 is 3.41 bits per heavy atom. The van der Waals surface area contributed by atoms with Crippen LogP contribution in [0.3, 0.4) is 0 Å². The molecule has 0 radical (unpaired) electrons. The third-order valence-electron chi connectivity index (χ3n) is 3.24. The predicted octanol–water partition coefficient (Wildman–Crippen LogP) is 1.34. The Bertz CT molecular complexity index is 486. The molecule has 1 aromatic carbocycles. The summed E-state index contributed by atoms with van der Waals surface area (Å²) < 4.78 is 5.57. The van der Waals surface area contributed by atoms with Gasteiger partial charge in [0, 0.05) is 18.5 Å². The molecule has 1 aromatic heterocycles. The largest absolute Gasteiger partial charge is 0.380 e. The Kier molecular flexibility index (Phi) is 3.07. The third-order valence-corrected chi connectivity index (χ3v) is 3.24. The second kappa shape index (κ2) is 4.85. The topological polar surface area (TPSA) is 49.9 Å². The van der Waals surface area contributed by atoms with Crippen LogP contribution in [0, 0.1) is 5.92 Å². The van der Waals surface area contributed by atoms with Crippen LogP contribution in [0.15, 0.2) is 24.4 Å². The lowest BCUT2D eigenvalue weighted by Gasteiger charge is -2.13. The first-order valence-corrected chi connectivity index (χ1v) is 6.12. The Hall–Kier alpha value is -1.39. The number of rotatable bonds is 2. The minimum absolute atomic E-state index is 0.571. The molecule has 1 aliphatic heterocycles. The average Bonchev–Trinajstić information content (AvgIpc) is 2.65. The molecule has 1 atom stereocenters. The summed E-state index contributed by atoms with van der Waals surface area (Å²) in [4.78, 5) is 0. The SMILES string of the molecule is c1cc2[nH]ncc2cc1C[C@H]1CNCCOC1. The van der Waals surface area contributed by atoms with E-state index in [-0.39, 0.29) is 0 Å². The summed E-state index contributed by atoms with van der Waals surface area (Å²) in [7, 11) is 0. The number of aromatic nitrogens is 2. The van der Waals surface area contributed by atoms with Crippen molar-refractivity contribution in [2.45, 2.75) is 6.42 Å². The van der Waals surface area contributed by atoms with Gasteiger partial charge >= 0.3 is 0 Å². The predicted molar refractivity (Wildman–Crippen MR) is 67.0 cm³/mol. The highest BCUT2D eigenvalue weighted by Crippen LogP contribution is 2.16. The van der Waals surface area contributed by atoms with Crippen LogP contribution in [0.5, 0.6) is 0 Å². The van der Waals surface area contributed by atoms with Gasteiger partial charge in [0.25, 0.3) is 0 Å². The van der Waals surface area contributed by atoms with Crippen molar-refractivity contribution in [3.05, 3.63) is 30.0 Å². The molecule has 0 unspecified atom stereocenters. The summed E-state index contributed by atoms with van der Waals surface area (Å²) in [6.45, 7) is 3.70. The van der Waals surface area contributed by atoms with E-state index < -0.39 is 0 Å². The van der Waals surface area contributed by atoms with Gasteiger partial charge in [-0.15, -0.1) is 0 Å². The summed E-state index contributed by atoms with van der Waals surface area (Å²) in [5, 5.41) is 11.6. The first-order valence-electron chi connectivity index (χ1n) is 6.12. The quantitative estimate of drug-likeness (QED) is 0.820. The summed E-state index contributed by atoms with van der Waals surface area (Å²) >= 11 is 0. The van der Waals surface area contributed by atoms with Crippen LogP contribution in [0.25, 0.3) is 10.9 Å². The van der Waals surface area contributed by atoms with Crippen LogP contribution in [-0.4, -0.2) is 36.5 Å². The molecular weight excluding hydrogens is 214 g/mol. The fourth-order valence-electron chi connectivity index (χ4n) is 2.34. The fourth-order valence-corrected chi connectivity index (χ4v) is 2.34. The molecule has 90 valence electrons. The van der Waals surface area contributed by atoms with E-state index in [1.54, 1.807) is 0 Å². The number of nitrogens with one attached hydrogen (secondary N) is 2. The van der Waals surface area contributed by atoms with Crippen LogP contribution in [0.4, 0.5) is 0 Å². The number of hydrogen-bond donors (Lipinski definition) is 2. The molecule has 17 heavy (non-hydrogen) atoms. The van der Waals surface area contributed by atoms with E-state index in [2.05, 4.69) is 33.7 Å². The van der Waals surface area contributed by atoms with Crippen molar-refractivity contribution in [2.75, 3.05) is 26.3 Å². The standard InChI is InChI=1S/C13H17N3O/c1-2-13-12(8-15-16-13)6-10(1)5-11-7-14-3-4-17-9-11/h1-2,6,8,11,14H,3-5,7,9H2,(H,15,16)/t11-/m0/s1. The lowest BCUT2D eigenvalue weighted by molar-refractivity contribution is 0.123. The molecule has 0 amide bonds. The Balaban J connectivity index is 1.74. The lowest BCUT2D eigenvalue weighted by Crippen LogP contribution is -2.24. The zero-order valence-corrected chi connectivity index (χ0v) is 9.78. The van der Waals surface area contributed by atoms with Gasteiger partial charge in [0.05, 0.1) is 24.9 Å². The van der Waals surface area contributed by atoms with Crippen LogP contribution >= 0.6 is 0 Å². The first-order chi connectivity index (χ1) is 8.42. The van der Waals surface area contributed by atoms with Crippen molar-refractivity contribution < 1.29 is 4.74 Å². The highest BCUT2D eigenvalue weighted by molar-refractivity contribution is 5.78. The molecule has 4 nitrogen and oxygen atoms in total. The molecule has 1 aliphatic rings. The molecule has 2 heterocycles. The van der Waals surface area contributed by atoms with Crippen molar-refractivity contribution in [3.8, 4) is 0 Å². The molecule has 2 aromatic rings. The summed E-state index contributed by atoms with van der Waals surface area (Å²) in [6.07, 6.45) is 2.94. The highest BCUT2D eigenvalue weighted by Gasteiger charge is 2.13. The summed E-state index contributed by atoms with van der Waals surface area (Å²) in [5.41, 5.74) is 2.46. The van der Waals surface area contributed by atoms with Crippen LogP contribution in [-0.2, 0) is 11.2 Å². The van der Waals surface area contributed by atoms with Gasteiger partial charge in [-0.3, -0.25) is 5.10 Å². The minimum atomic E-state index is 0.571. The summed E-state index contributed by atoms with van der Waals surface area (Å²) in [5.74, 6) is 0.571. The van der Waals surface area contributed by atoms with Gasteiger partial charge in [-0.2, -0.15) is 5.10 Å². The van der Waals surface area contributed by atoms with Gasteiger partial charge in [-0.1, -0.05) is 6.07 Å². The molecule has 2 N–H and O–H groups in total. The fraction of sp³-hybridized carbons (Fsp3) is 0.462. The van der Waals surface area contributed by atoms with Gasteiger partial charge in [-0.25, -0.2) is 0 Å². The van der Waals surface area contributed by atoms with Crippen LogP contribution < -0.4 is 5.32 Å². The third kappa shape index (κ3) is 2.48. The molecule has 0 aliphatic carbocycles. The maximum Gasteiger partial charge on any atom is 0.0650 e. The molecule has 1 fully saturated rings. The Morgan fingerprint density at radius 2 is 2.41 bits per heavy atom. The molecular formula is C13H17N3O. The second-order valence-electron chi connectivity index (χ2n) is 4.64. The molecule has 4 heteroatoms. The zero-order chi connectivity index (χ0) is 11.5. The van der Waals surface area contributed by atoms with Crippen LogP contribution in [0.2, 0.25) is 0 Å². The highest BCUT2D eigenvalue weighted by atomic mass is 16.5. The molecule has 0 saturated carbocycles. The van der Waals surface area contributed by atoms with E-state index in [1.165, 1.54) is 10.9 Å². The molecule has 0 spiro atoms. The minimum Gasteiger partial charge on any atom is -0.380 e. The maximum atomic E-state index is 5.57. The van der Waals surface area contributed by atoms with E-state index in [0.717, 1.165) is 38.2 Å². The number of H-pyrrole nitrogens is 1. The average molecular weight is 231 g/mol. The van der Waals surface area contributed by atoms with E-state index in [1.807, 2.05) is 6.20 Å². The van der Waals surface area contributed by atoms with Crippen molar-refractivity contribution in [1.82, 2.24) is 15.5 Å². The van der Waals surface area contributed by atoms with Gasteiger partial charge < -0.3 is 10.1 Å². The van der Waals surface area contributed by atoms with Crippen LogP contribution in [0.1, 0.15) is 5.56 Å². The normalized spacial score (nSPS) is 21.5. The number of fused-ring (bicyclic) bond motifs is 1. The number of hydrogen-bond acceptors (Lipinski definition) is 3. The lowest BCUT2D eigenvalue weighted by atomic mass is 9.99. The van der Waals surface area contributed by atoms with E-state index in [9.17, 15) is 0 Å². The van der Waals surface area contributed by atoms with Crippen molar-refractivity contribution in [2.24, 2.45) is 5.92 Å². The smallest absolute Gasteiger partial charge is 0.0650 e. The van der Waals surface area contributed by atoms with Crippen molar-refractivity contribution in [1.29, 1.82) is 0 Å². The van der Waals surface area contributed by atoms with Gasteiger partial charge in [0.1, 0.15) is 0 Å². The number of nitrogens with zero attached hydrogens (tertiary/aromatic N) is 1. The Morgan fingerprint density at radius 1 is 1.41 bits per heavy atom. The number of ether oxygens (including phenoxy) is 1. The van der Waals surface area contributed by atoms with Gasteiger partial charge in [0.2, 0.25) is 0 Å². The van der Waals surface area contributed by atoms with E-state index in [4.69, 9.17) is 4.74 Å². The second-order valence-corrected chi connectivity index (χ2v) is 4.64. The summed E-state index contributed by atoms with van der Waals surface area (Å²) in [6, 6.07) is 6.48. The number of aromatic amines is 1. The first kappa shape index (κ1) is 10.7. The monoisotopic (exact) mass is 231 g/mol. The molecule has 1 saturated heterocycles. The van der Waals surface area contributed by atoms with E-state index in [0.29, 0.717) is 5.92 Å². The maximum absolute atomic E-state index is 5.57. The zero-order valence-electron chi connectivity index (χ0n) is 9.78. The Labute approximate surface area is 100 Å². The van der Waals surface area contributed by atoms with Crippen molar-refractivity contribution >= 4 is 10.9 Å². The van der Waals surface area contributed by atoms with E-state index >= 15 is 0 Å². The number of benzene rings is 1. The van der Waals surface area contributed by atoms with Crippen molar-refractivity contribution in [3.63, 3.8) is 0 Å². The van der Waals surface area contributed by atoms with Gasteiger partial charge in [0.15, 0.2) is 0 Å². The molecule has 3 rings (SSSR count). The van der Waals surface area contributed by atoms with Gasteiger partial charge in [-0.05, 0) is 30.0 Å². The molecule has 0 bridgehead atoms.